The van der Waals surface area contributed by atoms with Crippen LogP contribution in [-0.4, -0.2) is 14.9 Å². The lowest BCUT2D eigenvalue weighted by Crippen LogP contribution is -2.09. The Bertz CT molecular complexity index is 690. The highest BCUT2D eigenvalue weighted by Gasteiger charge is 2.22. The number of halogens is 1. The van der Waals surface area contributed by atoms with E-state index in [1.807, 2.05) is 13.0 Å². The summed E-state index contributed by atoms with van der Waals surface area (Å²) in [5.74, 6) is -0.333. The molecule has 0 aliphatic rings. The summed E-state index contributed by atoms with van der Waals surface area (Å²) in [7, 11) is 0. The van der Waals surface area contributed by atoms with Crippen LogP contribution >= 0.6 is 11.6 Å². The third-order valence-corrected chi connectivity index (χ3v) is 3.09. The van der Waals surface area contributed by atoms with Crippen LogP contribution in [0.15, 0.2) is 18.2 Å². The second-order valence-corrected chi connectivity index (χ2v) is 4.70. The van der Waals surface area contributed by atoms with Gasteiger partial charge in [0.25, 0.3) is 0 Å². The number of benzene rings is 1. The number of nitrogens with two attached hydrogens (primary N) is 2. The summed E-state index contributed by atoms with van der Waals surface area (Å²) in [5, 5.41) is 11.6. The molecule has 0 bridgehead atoms. The van der Waals surface area contributed by atoms with Crippen LogP contribution in [0.1, 0.15) is 16.8 Å². The lowest BCUT2D eigenvalue weighted by atomic mass is 10.0. The van der Waals surface area contributed by atoms with Gasteiger partial charge in [-0.2, -0.15) is 4.98 Å². The van der Waals surface area contributed by atoms with Gasteiger partial charge in [0.05, 0.1) is 4.92 Å². The third-order valence-electron chi connectivity index (χ3n) is 2.85. The van der Waals surface area contributed by atoms with E-state index < -0.39 is 4.92 Å². The van der Waals surface area contributed by atoms with Crippen LogP contribution in [0.25, 0.3) is 0 Å². The Morgan fingerprint density at radius 3 is 2.70 bits per heavy atom. The van der Waals surface area contributed by atoms with E-state index in [2.05, 4.69) is 9.97 Å². The SMILES string of the molecule is Cc1ccc(Cl)cc1Cc1nc(N)nc(N)c1[N+](=O)[O-]. The van der Waals surface area contributed by atoms with Gasteiger partial charge in [0.2, 0.25) is 11.8 Å². The number of hydrogen-bond acceptors (Lipinski definition) is 6. The summed E-state index contributed by atoms with van der Waals surface area (Å²) in [5.41, 5.74) is 12.7. The highest BCUT2D eigenvalue weighted by molar-refractivity contribution is 6.30. The number of hydrogen-bond donors (Lipinski definition) is 2. The van der Waals surface area contributed by atoms with Gasteiger partial charge in [-0.1, -0.05) is 17.7 Å². The van der Waals surface area contributed by atoms with Crippen LogP contribution in [0.5, 0.6) is 0 Å². The van der Waals surface area contributed by atoms with Gasteiger partial charge < -0.3 is 11.5 Å². The molecule has 7 nitrogen and oxygen atoms in total. The molecular formula is C12H12ClN5O2. The second kappa shape index (κ2) is 5.30. The molecule has 1 aromatic carbocycles. The van der Waals surface area contributed by atoms with Crippen molar-refractivity contribution in [3.05, 3.63) is 50.2 Å². The van der Waals surface area contributed by atoms with Crippen molar-refractivity contribution < 1.29 is 4.92 Å². The number of anilines is 2. The largest absolute Gasteiger partial charge is 0.378 e. The molecule has 0 saturated carbocycles. The molecule has 0 unspecified atom stereocenters. The molecule has 104 valence electrons. The van der Waals surface area contributed by atoms with Crippen molar-refractivity contribution in [1.82, 2.24) is 9.97 Å². The summed E-state index contributed by atoms with van der Waals surface area (Å²) in [4.78, 5) is 18.0. The van der Waals surface area contributed by atoms with Crippen molar-refractivity contribution in [2.75, 3.05) is 11.5 Å². The Kier molecular flexibility index (Phi) is 3.71. The lowest BCUT2D eigenvalue weighted by molar-refractivity contribution is -0.385. The zero-order chi connectivity index (χ0) is 14.9. The average Bonchev–Trinajstić information content (AvgIpc) is 2.32. The van der Waals surface area contributed by atoms with Crippen molar-refractivity contribution in [1.29, 1.82) is 0 Å². The smallest absolute Gasteiger partial charge is 0.332 e. The molecule has 0 fully saturated rings. The van der Waals surface area contributed by atoms with E-state index in [1.165, 1.54) is 0 Å². The van der Waals surface area contributed by atoms with E-state index >= 15 is 0 Å². The van der Waals surface area contributed by atoms with E-state index in [0.717, 1.165) is 11.1 Å². The first-order valence-corrected chi connectivity index (χ1v) is 6.07. The van der Waals surface area contributed by atoms with Gasteiger partial charge in [0.1, 0.15) is 5.69 Å². The minimum atomic E-state index is -0.607. The first kappa shape index (κ1) is 14.0. The fourth-order valence-electron chi connectivity index (χ4n) is 1.87. The van der Waals surface area contributed by atoms with Gasteiger partial charge in [-0.25, -0.2) is 4.98 Å². The van der Waals surface area contributed by atoms with Crippen molar-refractivity contribution in [3.63, 3.8) is 0 Å². The molecular weight excluding hydrogens is 282 g/mol. The third kappa shape index (κ3) is 2.77. The summed E-state index contributed by atoms with van der Waals surface area (Å²) in [6.07, 6.45) is 0.208. The molecule has 20 heavy (non-hydrogen) atoms. The summed E-state index contributed by atoms with van der Waals surface area (Å²) in [6, 6.07) is 5.31. The van der Waals surface area contributed by atoms with Crippen LogP contribution in [0.2, 0.25) is 5.02 Å². The van der Waals surface area contributed by atoms with E-state index in [4.69, 9.17) is 23.1 Å². The van der Waals surface area contributed by atoms with E-state index in [9.17, 15) is 10.1 Å². The van der Waals surface area contributed by atoms with Crippen molar-refractivity contribution in [2.45, 2.75) is 13.3 Å². The molecule has 0 spiro atoms. The topological polar surface area (TPSA) is 121 Å². The maximum atomic E-state index is 11.1. The summed E-state index contributed by atoms with van der Waals surface area (Å²) >= 11 is 5.93. The fraction of sp³-hybridized carbons (Fsp3) is 0.167. The molecule has 4 N–H and O–H groups in total. The van der Waals surface area contributed by atoms with Crippen LogP contribution in [-0.2, 0) is 6.42 Å². The lowest BCUT2D eigenvalue weighted by Gasteiger charge is -2.08. The maximum Gasteiger partial charge on any atom is 0.332 e. The Hall–Kier alpha value is -2.41. The van der Waals surface area contributed by atoms with Gasteiger partial charge in [-0.05, 0) is 30.2 Å². The molecule has 1 aromatic heterocycles. The Morgan fingerprint density at radius 2 is 2.05 bits per heavy atom. The molecule has 2 rings (SSSR count). The standard InChI is InChI=1S/C12H12ClN5O2/c1-6-2-3-8(13)4-7(6)5-9-10(18(19)20)11(14)17-12(15)16-9/h2-4H,5H2,1H3,(H4,14,15,16,17). The molecule has 1 heterocycles. The first-order chi connectivity index (χ1) is 9.38. The van der Waals surface area contributed by atoms with Gasteiger partial charge >= 0.3 is 5.69 Å². The van der Waals surface area contributed by atoms with Crippen LogP contribution in [0, 0.1) is 17.0 Å². The van der Waals surface area contributed by atoms with Gasteiger partial charge in [-0.3, -0.25) is 10.1 Å². The van der Waals surface area contributed by atoms with Crippen molar-refractivity contribution >= 4 is 29.1 Å². The predicted molar refractivity (Wildman–Crippen MR) is 76.5 cm³/mol. The number of aryl methyl sites for hydroxylation is 1. The molecule has 8 heteroatoms. The zero-order valence-electron chi connectivity index (χ0n) is 10.6. The van der Waals surface area contributed by atoms with Crippen molar-refractivity contribution in [2.24, 2.45) is 0 Å². The molecule has 0 aliphatic heterocycles. The van der Waals surface area contributed by atoms with Crippen LogP contribution in [0.3, 0.4) is 0 Å². The summed E-state index contributed by atoms with van der Waals surface area (Å²) < 4.78 is 0. The highest BCUT2D eigenvalue weighted by Crippen LogP contribution is 2.27. The molecule has 0 amide bonds. The molecule has 0 aliphatic carbocycles. The van der Waals surface area contributed by atoms with Gasteiger partial charge in [0.15, 0.2) is 0 Å². The summed E-state index contributed by atoms with van der Waals surface area (Å²) in [6.45, 7) is 1.88. The van der Waals surface area contributed by atoms with E-state index in [0.29, 0.717) is 5.02 Å². The first-order valence-electron chi connectivity index (χ1n) is 5.69. The predicted octanol–water partition coefficient (Wildman–Crippen LogP) is 2.10. The molecule has 0 atom stereocenters. The molecule has 2 aromatic rings. The Morgan fingerprint density at radius 1 is 1.35 bits per heavy atom. The normalized spacial score (nSPS) is 10.5. The number of nitrogen functional groups attached to an aromatic ring is 2. The highest BCUT2D eigenvalue weighted by atomic mass is 35.5. The average molecular weight is 294 g/mol. The molecule has 0 radical (unpaired) electrons. The monoisotopic (exact) mass is 293 g/mol. The van der Waals surface area contributed by atoms with Crippen LogP contribution < -0.4 is 11.5 Å². The minimum Gasteiger partial charge on any atom is -0.378 e. The number of nitro groups is 1. The number of aromatic nitrogens is 2. The second-order valence-electron chi connectivity index (χ2n) is 4.27. The van der Waals surface area contributed by atoms with Crippen molar-refractivity contribution in [3.8, 4) is 0 Å². The van der Waals surface area contributed by atoms with E-state index in [-0.39, 0.29) is 29.6 Å². The maximum absolute atomic E-state index is 11.1. The number of nitrogens with zero attached hydrogens (tertiary/aromatic N) is 3. The minimum absolute atomic E-state index is 0.0946. The van der Waals surface area contributed by atoms with Gasteiger partial charge in [0, 0.05) is 11.4 Å². The fourth-order valence-corrected chi connectivity index (χ4v) is 2.07. The van der Waals surface area contributed by atoms with Gasteiger partial charge in [-0.15, -0.1) is 0 Å². The van der Waals surface area contributed by atoms with E-state index in [1.54, 1.807) is 12.1 Å². The molecule has 0 saturated heterocycles. The Balaban J connectivity index is 2.53. The van der Waals surface area contributed by atoms with Crippen LogP contribution in [0.4, 0.5) is 17.5 Å². The quantitative estimate of drug-likeness (QED) is 0.660. The zero-order valence-corrected chi connectivity index (χ0v) is 11.4. The Labute approximate surface area is 119 Å². The number of rotatable bonds is 3.